The van der Waals surface area contributed by atoms with Crippen molar-refractivity contribution in [2.45, 2.75) is 84.1 Å². The van der Waals surface area contributed by atoms with E-state index in [9.17, 15) is 32.7 Å². The van der Waals surface area contributed by atoms with Gasteiger partial charge in [-0.1, -0.05) is 18.2 Å². The largest absolute Gasteiger partial charge is 0.463 e. The maximum absolute atomic E-state index is 14.3. The molecular formula is C40H42F3N5O7S. The van der Waals surface area contributed by atoms with Crippen molar-refractivity contribution in [1.82, 2.24) is 25.7 Å². The van der Waals surface area contributed by atoms with Crippen molar-refractivity contribution >= 4 is 34.9 Å². The summed E-state index contributed by atoms with van der Waals surface area (Å²) in [6, 6.07) is 11.5. The normalized spacial score (nSPS) is 18.6. The van der Waals surface area contributed by atoms with Crippen molar-refractivity contribution in [3.05, 3.63) is 122 Å². The first kappa shape index (κ1) is 40.2. The maximum Gasteiger partial charge on any atom is 0.410 e. The molecule has 3 atom stereocenters. The van der Waals surface area contributed by atoms with Crippen LogP contribution in [0.2, 0.25) is 0 Å². The van der Waals surface area contributed by atoms with E-state index in [2.05, 4.69) is 20.8 Å². The van der Waals surface area contributed by atoms with Gasteiger partial charge in [-0.3, -0.25) is 9.69 Å². The average molecular weight is 794 g/mol. The molecule has 1 fully saturated rings. The Morgan fingerprint density at radius 3 is 2.41 bits per heavy atom. The topological polar surface area (TPSA) is 156 Å². The van der Waals surface area contributed by atoms with Crippen LogP contribution in [-0.4, -0.2) is 69.1 Å². The monoisotopic (exact) mass is 793 g/mol. The Morgan fingerprint density at radius 2 is 1.75 bits per heavy atom. The fourth-order valence-corrected chi connectivity index (χ4v) is 7.74. The SMILES string of the molecule is CCOC(=O)C1=C([C@@H]2[C@@H](O)CCN2C(=O)OC(C)(C)C)NC(CCc2ccc(F)cc2)=C(c2nnc(C)o2)C1c1ccc(C(=O)NCc2ccc(F)c(F)c2)s1. The first-order valence-electron chi connectivity index (χ1n) is 18.1. The lowest BCUT2D eigenvalue weighted by molar-refractivity contribution is -0.138. The Morgan fingerprint density at radius 1 is 1.02 bits per heavy atom. The number of halogens is 3. The van der Waals surface area contributed by atoms with Crippen molar-refractivity contribution in [3.8, 4) is 0 Å². The highest BCUT2D eigenvalue weighted by Crippen LogP contribution is 2.48. The van der Waals surface area contributed by atoms with Crippen LogP contribution in [0.3, 0.4) is 0 Å². The second kappa shape index (κ2) is 16.7. The third-order valence-electron chi connectivity index (χ3n) is 9.17. The summed E-state index contributed by atoms with van der Waals surface area (Å²) in [6.45, 7) is 8.46. The number of likely N-dealkylation sites (tertiary alicyclic amines) is 1. The number of nitrogens with one attached hydrogen (secondary N) is 2. The number of aromatic nitrogens is 2. The molecule has 2 amide bonds. The minimum absolute atomic E-state index is 0.0104. The molecule has 4 aromatic rings. The number of allylic oxidation sites excluding steroid dienone is 2. The van der Waals surface area contributed by atoms with E-state index in [4.69, 9.17) is 13.9 Å². The lowest BCUT2D eigenvalue weighted by atomic mass is 9.80. The molecule has 1 unspecified atom stereocenters. The van der Waals surface area contributed by atoms with E-state index in [0.29, 0.717) is 28.1 Å². The number of carbonyl (C=O) groups is 3. The molecule has 2 aliphatic rings. The number of hydrogen-bond donors (Lipinski definition) is 3. The molecule has 0 saturated carbocycles. The van der Waals surface area contributed by atoms with Crippen LogP contribution < -0.4 is 10.6 Å². The zero-order chi connectivity index (χ0) is 40.3. The van der Waals surface area contributed by atoms with Crippen LogP contribution >= 0.6 is 11.3 Å². The highest BCUT2D eigenvalue weighted by Gasteiger charge is 2.48. The molecule has 0 radical (unpaired) electrons. The quantitative estimate of drug-likeness (QED) is 0.140. The first-order chi connectivity index (χ1) is 26.6. The highest BCUT2D eigenvalue weighted by molar-refractivity contribution is 7.14. The van der Waals surface area contributed by atoms with Gasteiger partial charge in [0, 0.05) is 36.2 Å². The van der Waals surface area contributed by atoms with Crippen molar-refractivity contribution in [2.24, 2.45) is 0 Å². The van der Waals surface area contributed by atoms with Crippen molar-refractivity contribution in [3.63, 3.8) is 0 Å². The molecule has 12 nitrogen and oxygen atoms in total. The third kappa shape index (κ3) is 8.97. The molecule has 2 aromatic carbocycles. The Bertz CT molecular complexity index is 2180. The van der Waals surface area contributed by atoms with Crippen LogP contribution in [0.4, 0.5) is 18.0 Å². The predicted octanol–water partition coefficient (Wildman–Crippen LogP) is 6.71. The van der Waals surface area contributed by atoms with Gasteiger partial charge in [-0.05, 0) is 94.5 Å². The molecule has 2 aliphatic heterocycles. The number of thiophene rings is 1. The summed E-state index contributed by atoms with van der Waals surface area (Å²) in [4.78, 5) is 43.6. The number of nitrogens with zero attached hydrogens (tertiary/aromatic N) is 3. The number of rotatable bonds is 11. The van der Waals surface area contributed by atoms with Gasteiger partial charge in [-0.15, -0.1) is 21.5 Å². The van der Waals surface area contributed by atoms with Crippen molar-refractivity contribution in [2.75, 3.05) is 13.2 Å². The number of dihydropyridines is 1. The summed E-state index contributed by atoms with van der Waals surface area (Å²) in [5, 5.41) is 26.1. The van der Waals surface area contributed by atoms with E-state index >= 15 is 0 Å². The number of benzene rings is 2. The van der Waals surface area contributed by atoms with Gasteiger partial charge in [0.2, 0.25) is 11.8 Å². The molecule has 56 heavy (non-hydrogen) atoms. The minimum Gasteiger partial charge on any atom is -0.463 e. The van der Waals surface area contributed by atoms with Crippen molar-refractivity contribution < 1.29 is 46.6 Å². The smallest absolute Gasteiger partial charge is 0.410 e. The summed E-state index contributed by atoms with van der Waals surface area (Å²) in [6.07, 6.45) is -0.984. The van der Waals surface area contributed by atoms with Gasteiger partial charge in [0.05, 0.1) is 34.8 Å². The Labute approximate surface area is 325 Å². The van der Waals surface area contributed by atoms with Gasteiger partial charge in [0.25, 0.3) is 5.91 Å². The van der Waals surface area contributed by atoms with Crippen LogP contribution in [0.25, 0.3) is 5.57 Å². The number of aliphatic hydroxyl groups is 1. The van der Waals surface area contributed by atoms with Gasteiger partial charge >= 0.3 is 12.1 Å². The number of ether oxygens (including phenoxy) is 2. The zero-order valence-corrected chi connectivity index (χ0v) is 32.3. The summed E-state index contributed by atoms with van der Waals surface area (Å²) in [7, 11) is 0. The summed E-state index contributed by atoms with van der Waals surface area (Å²) in [5.74, 6) is -4.43. The molecular weight excluding hydrogens is 752 g/mol. The lowest BCUT2D eigenvalue weighted by Crippen LogP contribution is -2.48. The summed E-state index contributed by atoms with van der Waals surface area (Å²) in [5.41, 5.74) is 1.41. The molecule has 1 saturated heterocycles. The van der Waals surface area contributed by atoms with Gasteiger partial charge in [0.1, 0.15) is 17.5 Å². The lowest BCUT2D eigenvalue weighted by Gasteiger charge is -2.37. The average Bonchev–Trinajstić information content (AvgIpc) is 3.90. The zero-order valence-electron chi connectivity index (χ0n) is 31.5. The Balaban J connectivity index is 1.49. The van der Waals surface area contributed by atoms with Gasteiger partial charge in [-0.2, -0.15) is 0 Å². The molecule has 2 aromatic heterocycles. The van der Waals surface area contributed by atoms with Gasteiger partial charge in [-0.25, -0.2) is 22.8 Å². The van der Waals surface area contributed by atoms with Gasteiger partial charge in [0.15, 0.2) is 11.6 Å². The van der Waals surface area contributed by atoms with Crippen LogP contribution in [0.5, 0.6) is 0 Å². The Kier molecular flexibility index (Phi) is 12.0. The first-order valence-corrected chi connectivity index (χ1v) is 18.9. The predicted molar refractivity (Wildman–Crippen MR) is 199 cm³/mol. The molecule has 0 bridgehead atoms. The standard InChI is InChI=1S/C40H42F3N5O7S/c1-6-53-38(51)33-32(29-15-16-30(56-29)36(50)44-20-23-9-13-25(42)26(43)19-23)31(37-47-46-21(2)54-37)27(14-10-22-7-11-24(41)12-8-22)45-34(33)35-28(49)17-18-48(35)39(52)55-40(3,4)5/h7-9,11-13,15-16,19,28,32,35,45,49H,6,10,14,17-18,20H2,1-5H3,(H,44,50)/t28-,32?,35-/m0/s1. The number of hydrogen-bond acceptors (Lipinski definition) is 11. The summed E-state index contributed by atoms with van der Waals surface area (Å²) < 4.78 is 58.6. The molecule has 296 valence electrons. The number of amides is 2. The number of aryl methyl sites for hydroxylation is 2. The van der Waals surface area contributed by atoms with Crippen LogP contribution in [-0.2, 0) is 27.2 Å². The van der Waals surface area contributed by atoms with Gasteiger partial charge < -0.3 is 29.6 Å². The molecule has 0 aliphatic carbocycles. The maximum atomic E-state index is 14.3. The van der Waals surface area contributed by atoms with E-state index in [-0.39, 0.29) is 60.5 Å². The van der Waals surface area contributed by atoms with E-state index in [1.54, 1.807) is 58.9 Å². The molecule has 16 heteroatoms. The number of aliphatic hydroxyl groups excluding tert-OH is 1. The second-order valence-corrected chi connectivity index (χ2v) is 15.5. The van der Waals surface area contributed by atoms with E-state index < -0.39 is 59.1 Å². The molecule has 6 rings (SSSR count). The van der Waals surface area contributed by atoms with E-state index in [1.807, 2.05) is 0 Å². The van der Waals surface area contributed by atoms with Crippen molar-refractivity contribution in [1.29, 1.82) is 0 Å². The molecule has 0 spiro atoms. The highest BCUT2D eigenvalue weighted by atomic mass is 32.1. The van der Waals surface area contributed by atoms with Crippen LogP contribution in [0.15, 0.2) is 76.0 Å². The minimum atomic E-state index is -1.12. The third-order valence-corrected chi connectivity index (χ3v) is 10.3. The van der Waals surface area contributed by atoms with E-state index in [1.165, 1.54) is 23.1 Å². The summed E-state index contributed by atoms with van der Waals surface area (Å²) >= 11 is 1.06. The van der Waals surface area contributed by atoms with Crippen LogP contribution in [0, 0.1) is 24.4 Å². The molecule has 3 N–H and O–H groups in total. The molecule has 4 heterocycles. The van der Waals surface area contributed by atoms with Crippen LogP contribution in [0.1, 0.15) is 83.9 Å². The number of carbonyl (C=O) groups excluding carboxylic acids is 3. The Hall–Kier alpha value is -5.48. The number of esters is 1. The fourth-order valence-electron chi connectivity index (χ4n) is 6.70. The van der Waals surface area contributed by atoms with E-state index in [0.717, 1.165) is 29.0 Å². The fraction of sp³-hybridized carbons (Fsp3) is 0.375. The second-order valence-electron chi connectivity index (χ2n) is 14.4.